The molecule has 9 nitrogen and oxygen atoms in total. The lowest BCUT2D eigenvalue weighted by Crippen LogP contribution is -2.40. The number of dihydropyridines is 1. The number of fused-ring (bicyclic) bond motifs is 1. The number of benzene rings is 1. The predicted molar refractivity (Wildman–Crippen MR) is 164 cm³/mol. The molecule has 1 aromatic carbocycles. The largest absolute Gasteiger partial charge is 0.496 e. The number of carbonyl (C=O) groups excluding carboxylic acids is 2. The number of nitrogens with one attached hydrogen (secondary N) is 2. The molecule has 4 heterocycles. The molecule has 0 unspecified atom stereocenters. The minimum absolute atomic E-state index is 0.119. The molecular weight excluding hydrogens is 532 g/mol. The Labute approximate surface area is 248 Å². The van der Waals surface area contributed by atoms with Crippen molar-refractivity contribution in [2.24, 2.45) is 0 Å². The van der Waals surface area contributed by atoms with E-state index < -0.39 is 0 Å². The molecule has 0 saturated carbocycles. The zero-order chi connectivity index (χ0) is 29.6. The Kier molecular flexibility index (Phi) is 9.73. The average molecular weight is 577 g/mol. The smallest absolute Gasteiger partial charge is 0.252 e. The molecule has 0 atom stereocenters. The summed E-state index contributed by atoms with van der Waals surface area (Å²) in [7, 11) is 1.56. The highest BCUT2D eigenvalue weighted by molar-refractivity contribution is 6.09. The molecule has 2 fully saturated rings. The highest BCUT2D eigenvalue weighted by atomic mass is 16.5. The second kappa shape index (κ2) is 13.6. The van der Waals surface area contributed by atoms with Crippen LogP contribution in [-0.2, 0) is 27.2 Å². The van der Waals surface area contributed by atoms with E-state index in [2.05, 4.69) is 46.4 Å². The zero-order valence-electron chi connectivity index (χ0n) is 25.4. The van der Waals surface area contributed by atoms with Gasteiger partial charge in [-0.3, -0.25) is 9.69 Å². The van der Waals surface area contributed by atoms with Crippen LogP contribution in [0.5, 0.6) is 0 Å². The Morgan fingerprint density at radius 2 is 1.95 bits per heavy atom. The van der Waals surface area contributed by atoms with Gasteiger partial charge in [0.25, 0.3) is 5.91 Å². The van der Waals surface area contributed by atoms with Crippen molar-refractivity contribution in [1.82, 2.24) is 15.5 Å². The van der Waals surface area contributed by atoms with Gasteiger partial charge in [-0.2, -0.15) is 0 Å². The number of methoxy groups -OCH3 is 1. The predicted octanol–water partition coefficient (Wildman–Crippen LogP) is 4.84. The normalized spacial score (nSPS) is 18.5. The highest BCUT2D eigenvalue weighted by Gasteiger charge is 2.29. The molecule has 2 N–H and O–H groups in total. The molecular formula is C33H44N4O5. The van der Waals surface area contributed by atoms with Gasteiger partial charge in [0.2, 0.25) is 0 Å². The summed E-state index contributed by atoms with van der Waals surface area (Å²) in [6.07, 6.45) is 8.08. The first-order chi connectivity index (χ1) is 20.5. The number of ether oxygens (including phenoxy) is 2. The van der Waals surface area contributed by atoms with Crippen LogP contribution in [0.1, 0.15) is 74.6 Å². The molecule has 0 radical (unpaired) electrons. The summed E-state index contributed by atoms with van der Waals surface area (Å²) in [5.41, 5.74) is 5.02. The van der Waals surface area contributed by atoms with Gasteiger partial charge in [0, 0.05) is 60.8 Å². The second-order valence-electron chi connectivity index (χ2n) is 11.4. The third kappa shape index (κ3) is 6.28. The minimum atomic E-state index is -0.202. The molecule has 5 rings (SSSR count). The van der Waals surface area contributed by atoms with Crippen molar-refractivity contribution in [3.05, 3.63) is 57.8 Å². The maximum Gasteiger partial charge on any atom is 0.252 e. The Balaban J connectivity index is 1.55. The van der Waals surface area contributed by atoms with Gasteiger partial charge in [0.05, 0.1) is 19.2 Å². The van der Waals surface area contributed by atoms with E-state index in [9.17, 15) is 9.59 Å². The van der Waals surface area contributed by atoms with Crippen molar-refractivity contribution in [2.75, 3.05) is 51.4 Å². The number of hydrogen-bond donors (Lipinski definition) is 2. The maximum atomic E-state index is 14.2. The summed E-state index contributed by atoms with van der Waals surface area (Å²) < 4.78 is 17.7. The van der Waals surface area contributed by atoms with Crippen molar-refractivity contribution in [1.29, 1.82) is 0 Å². The Hall–Kier alpha value is -3.52. The van der Waals surface area contributed by atoms with Crippen LogP contribution in [0.4, 0.5) is 5.69 Å². The second-order valence-corrected chi connectivity index (χ2v) is 11.4. The van der Waals surface area contributed by atoms with Crippen molar-refractivity contribution in [3.63, 3.8) is 0 Å². The van der Waals surface area contributed by atoms with Crippen molar-refractivity contribution in [3.8, 4) is 0 Å². The monoisotopic (exact) mass is 576 g/mol. The van der Waals surface area contributed by atoms with Crippen LogP contribution >= 0.6 is 0 Å². The van der Waals surface area contributed by atoms with Gasteiger partial charge in [-0.05, 0) is 76.7 Å². The molecule has 3 aliphatic rings. The van der Waals surface area contributed by atoms with Crippen molar-refractivity contribution in [2.45, 2.75) is 71.9 Å². The lowest BCUT2D eigenvalue weighted by Gasteiger charge is -2.37. The number of piperidine rings is 1. The first-order valence-corrected chi connectivity index (χ1v) is 15.4. The molecule has 9 heteroatoms. The molecule has 1 aromatic heterocycles. The molecule has 0 bridgehead atoms. The summed E-state index contributed by atoms with van der Waals surface area (Å²) in [6, 6.07) is 4.53. The van der Waals surface area contributed by atoms with Crippen molar-refractivity contribution < 1.29 is 23.5 Å². The SMILES string of the molecule is CCc1c(N(CC)C2CCOCC2)cc2oc(CN3CCCCC3)cc2c1C(=O)NCC1=C(OC)C=C(C)NC1=C=O. The number of allylic oxidation sites excluding steroid dienone is 2. The van der Waals surface area contributed by atoms with Gasteiger partial charge in [-0.15, -0.1) is 0 Å². The highest BCUT2D eigenvalue weighted by Crippen LogP contribution is 2.37. The van der Waals surface area contributed by atoms with Gasteiger partial charge in [-0.1, -0.05) is 13.3 Å². The van der Waals surface area contributed by atoms with Gasteiger partial charge in [0.15, 0.2) is 5.94 Å². The van der Waals surface area contributed by atoms with Gasteiger partial charge >= 0.3 is 0 Å². The third-order valence-corrected chi connectivity index (χ3v) is 8.67. The molecule has 42 heavy (non-hydrogen) atoms. The van der Waals surface area contributed by atoms with E-state index in [4.69, 9.17) is 13.9 Å². The van der Waals surface area contributed by atoms with Gasteiger partial charge in [-0.25, -0.2) is 4.79 Å². The molecule has 3 aliphatic heterocycles. The molecule has 0 aliphatic carbocycles. The standard InChI is InChI=1S/C33H44N4O5/c1-5-25-29(37(6-2)23-10-14-41-15-11-23)18-31-26(17-24(42-31)20-36-12-8-7-9-13-36)32(25)33(39)34-19-27-28(21-38)35-22(3)16-30(27)40-4/h16-18,23,35H,5-15,19-20H2,1-4H3,(H,34,39). The lowest BCUT2D eigenvalue weighted by molar-refractivity contribution is 0.0845. The Morgan fingerprint density at radius 1 is 1.19 bits per heavy atom. The number of hydrogen-bond acceptors (Lipinski definition) is 8. The van der Waals surface area contributed by atoms with E-state index in [-0.39, 0.29) is 18.1 Å². The van der Waals surface area contributed by atoms with Crippen LogP contribution in [0.2, 0.25) is 0 Å². The van der Waals surface area contributed by atoms with Crippen LogP contribution in [0, 0.1) is 0 Å². The van der Waals surface area contributed by atoms with Gasteiger partial charge in [0.1, 0.15) is 22.8 Å². The summed E-state index contributed by atoms with van der Waals surface area (Å²) in [6.45, 7) is 11.4. The first-order valence-electron chi connectivity index (χ1n) is 15.4. The van der Waals surface area contributed by atoms with Crippen LogP contribution < -0.4 is 15.5 Å². The number of anilines is 1. The molecule has 2 aromatic rings. The number of furan rings is 1. The fraction of sp³-hybridized carbons (Fsp3) is 0.545. The summed E-state index contributed by atoms with van der Waals surface area (Å²) in [5, 5.41) is 6.96. The number of likely N-dealkylation sites (tertiary alicyclic amines) is 1. The van der Waals surface area contributed by atoms with Gasteiger partial charge < -0.3 is 29.4 Å². The fourth-order valence-corrected chi connectivity index (χ4v) is 6.59. The van der Waals surface area contributed by atoms with Crippen LogP contribution in [0.25, 0.3) is 11.0 Å². The van der Waals surface area contributed by atoms with E-state index in [1.807, 2.05) is 18.9 Å². The zero-order valence-corrected chi connectivity index (χ0v) is 25.4. The van der Waals surface area contributed by atoms with E-state index >= 15 is 0 Å². The number of nitrogens with zero attached hydrogens (tertiary/aromatic N) is 2. The lowest BCUT2D eigenvalue weighted by atomic mass is 9.95. The fourth-order valence-electron chi connectivity index (χ4n) is 6.59. The third-order valence-electron chi connectivity index (χ3n) is 8.67. The van der Waals surface area contributed by atoms with Crippen molar-refractivity contribution >= 4 is 28.5 Å². The Bertz CT molecular complexity index is 1410. The summed E-state index contributed by atoms with van der Waals surface area (Å²) in [4.78, 5) is 30.8. The average Bonchev–Trinajstić information content (AvgIpc) is 3.42. The van der Waals surface area contributed by atoms with E-state index in [1.54, 1.807) is 7.11 Å². The van der Waals surface area contributed by atoms with Crippen LogP contribution in [0.15, 0.2) is 45.4 Å². The molecule has 1 amide bonds. The number of amides is 1. The molecule has 226 valence electrons. The Morgan fingerprint density at radius 3 is 2.62 bits per heavy atom. The minimum Gasteiger partial charge on any atom is -0.496 e. The molecule has 2 saturated heterocycles. The summed E-state index contributed by atoms with van der Waals surface area (Å²) in [5.74, 6) is 3.17. The molecule has 0 spiro atoms. The number of rotatable bonds is 10. The van der Waals surface area contributed by atoms with E-state index in [0.29, 0.717) is 29.4 Å². The summed E-state index contributed by atoms with van der Waals surface area (Å²) >= 11 is 0. The van der Waals surface area contributed by atoms with E-state index in [1.165, 1.54) is 19.3 Å². The number of carbonyl (C=O) groups is 1. The maximum absolute atomic E-state index is 14.2. The first kappa shape index (κ1) is 30.0. The van der Waals surface area contributed by atoms with Crippen LogP contribution in [-0.4, -0.2) is 69.3 Å². The van der Waals surface area contributed by atoms with Crippen LogP contribution in [0.3, 0.4) is 0 Å². The topological polar surface area (TPSA) is 96.3 Å². The quantitative estimate of drug-likeness (QED) is 0.388. The van der Waals surface area contributed by atoms with E-state index in [0.717, 1.165) is 85.9 Å².